The van der Waals surface area contributed by atoms with Crippen LogP contribution in [0, 0.1) is 11.7 Å². The Balaban J connectivity index is 1.48. The highest BCUT2D eigenvalue weighted by Crippen LogP contribution is 2.48. The quantitative estimate of drug-likeness (QED) is 0.277. The molecule has 3 atom stereocenters. The molecule has 1 saturated heterocycles. The molecular weight excluding hydrogens is 555 g/mol. The highest BCUT2D eigenvalue weighted by molar-refractivity contribution is 5.94. The molecule has 0 saturated carbocycles. The Morgan fingerprint density at radius 1 is 1.02 bits per heavy atom. The van der Waals surface area contributed by atoms with Gasteiger partial charge in [-0.3, -0.25) is 14.5 Å². The second-order valence-electron chi connectivity index (χ2n) is 10.7. The first-order chi connectivity index (χ1) is 20.8. The molecule has 0 radical (unpaired) electrons. The van der Waals surface area contributed by atoms with Gasteiger partial charge in [0.2, 0.25) is 18.4 Å². The number of benzene rings is 3. The van der Waals surface area contributed by atoms with Crippen LogP contribution in [-0.4, -0.2) is 62.1 Å². The number of halogens is 1. The van der Waals surface area contributed by atoms with Crippen molar-refractivity contribution in [1.29, 1.82) is 0 Å². The normalized spacial score (nSPS) is 19.4. The Bertz CT molecular complexity index is 1440. The number of aryl methyl sites for hydroxylation is 2. The number of rotatable bonds is 12. The Kier molecular flexibility index (Phi) is 9.47. The summed E-state index contributed by atoms with van der Waals surface area (Å²) in [4.78, 5) is 28.3. The molecule has 1 fully saturated rings. The highest BCUT2D eigenvalue weighted by Gasteiger charge is 2.48. The molecule has 10 heteroatoms. The van der Waals surface area contributed by atoms with Gasteiger partial charge in [-0.2, -0.15) is 0 Å². The number of aliphatic carboxylic acids is 1. The fourth-order valence-electron chi connectivity index (χ4n) is 6.10. The number of nitrogens with one attached hydrogen (secondary N) is 1. The largest absolute Gasteiger partial charge is 0.491 e. The first-order valence-electron chi connectivity index (χ1n) is 14.5. The second-order valence-corrected chi connectivity index (χ2v) is 10.7. The summed E-state index contributed by atoms with van der Waals surface area (Å²) < 4.78 is 36.4. The van der Waals surface area contributed by atoms with Gasteiger partial charge in [0.1, 0.15) is 12.4 Å². The van der Waals surface area contributed by atoms with E-state index in [-0.39, 0.29) is 37.3 Å². The molecule has 0 bridgehead atoms. The van der Waals surface area contributed by atoms with E-state index in [0.29, 0.717) is 30.1 Å². The summed E-state index contributed by atoms with van der Waals surface area (Å²) in [5.41, 5.74) is 4.06. The van der Waals surface area contributed by atoms with Crippen molar-refractivity contribution in [3.05, 3.63) is 82.7 Å². The van der Waals surface area contributed by atoms with Gasteiger partial charge in [-0.05, 0) is 59.4 Å². The molecule has 2 heterocycles. The number of hydrogen-bond acceptors (Lipinski definition) is 7. The Morgan fingerprint density at radius 3 is 2.40 bits per heavy atom. The van der Waals surface area contributed by atoms with Crippen molar-refractivity contribution in [3.8, 4) is 17.2 Å². The second kappa shape index (κ2) is 13.4. The predicted molar refractivity (Wildman–Crippen MR) is 158 cm³/mol. The summed E-state index contributed by atoms with van der Waals surface area (Å²) in [6.07, 6.45) is 1.51. The van der Waals surface area contributed by atoms with E-state index in [1.807, 2.05) is 49.1 Å². The molecule has 2 aliphatic rings. The van der Waals surface area contributed by atoms with Gasteiger partial charge >= 0.3 is 5.97 Å². The van der Waals surface area contributed by atoms with Crippen LogP contribution in [0.3, 0.4) is 0 Å². The fourth-order valence-corrected chi connectivity index (χ4v) is 6.10. The number of fused-ring (bicyclic) bond motifs is 1. The maximum atomic E-state index is 15.0. The third kappa shape index (κ3) is 6.45. The topological polar surface area (TPSA) is 107 Å². The van der Waals surface area contributed by atoms with Crippen molar-refractivity contribution in [1.82, 2.24) is 4.90 Å². The molecule has 0 aromatic heterocycles. The van der Waals surface area contributed by atoms with Crippen LogP contribution in [0.15, 0.2) is 54.6 Å². The Hall–Kier alpha value is -4.15. The molecule has 0 aliphatic carbocycles. The van der Waals surface area contributed by atoms with E-state index < -0.39 is 29.7 Å². The van der Waals surface area contributed by atoms with Gasteiger partial charge in [-0.25, -0.2) is 4.39 Å². The number of carboxylic acids is 1. The van der Waals surface area contributed by atoms with Gasteiger partial charge in [-0.1, -0.05) is 44.2 Å². The lowest BCUT2D eigenvalue weighted by Gasteiger charge is -2.27. The molecule has 0 spiro atoms. The Labute approximate surface area is 250 Å². The zero-order valence-electron chi connectivity index (χ0n) is 24.6. The molecule has 2 aliphatic heterocycles. The van der Waals surface area contributed by atoms with Crippen LogP contribution in [-0.2, 0) is 27.2 Å². The summed E-state index contributed by atoms with van der Waals surface area (Å²) in [7, 11) is 1.59. The zero-order chi connectivity index (χ0) is 30.5. The number of ether oxygens (including phenoxy) is 4. The molecule has 3 aromatic carbocycles. The maximum Gasteiger partial charge on any atom is 0.309 e. The van der Waals surface area contributed by atoms with Crippen molar-refractivity contribution in [2.24, 2.45) is 5.92 Å². The molecule has 43 heavy (non-hydrogen) atoms. The smallest absolute Gasteiger partial charge is 0.309 e. The lowest BCUT2D eigenvalue weighted by Crippen LogP contribution is -2.35. The van der Waals surface area contributed by atoms with Crippen molar-refractivity contribution < 1.29 is 38.0 Å². The van der Waals surface area contributed by atoms with Crippen LogP contribution in [0.25, 0.3) is 0 Å². The van der Waals surface area contributed by atoms with E-state index >= 15 is 0 Å². The van der Waals surface area contributed by atoms with E-state index in [4.69, 9.17) is 18.9 Å². The number of likely N-dealkylation sites (tertiary alicyclic amines) is 1. The molecule has 1 unspecified atom stereocenters. The summed E-state index contributed by atoms with van der Waals surface area (Å²) >= 11 is 0. The highest BCUT2D eigenvalue weighted by atomic mass is 19.1. The van der Waals surface area contributed by atoms with Crippen molar-refractivity contribution in [2.45, 2.75) is 38.6 Å². The molecule has 228 valence electrons. The van der Waals surface area contributed by atoms with Crippen LogP contribution in [0.5, 0.6) is 17.2 Å². The van der Waals surface area contributed by atoms with E-state index in [2.05, 4.69) is 5.32 Å². The van der Waals surface area contributed by atoms with Gasteiger partial charge in [0.25, 0.3) is 0 Å². The third-order valence-corrected chi connectivity index (χ3v) is 8.15. The summed E-state index contributed by atoms with van der Waals surface area (Å²) in [5.74, 6) is -2.61. The van der Waals surface area contributed by atoms with Crippen molar-refractivity contribution >= 4 is 17.6 Å². The number of carboxylic acid groups (broad SMARTS) is 1. The molecule has 5 rings (SSSR count). The molecule has 1 amide bonds. The molecule has 9 nitrogen and oxygen atoms in total. The minimum atomic E-state index is -1.04. The number of carbonyl (C=O) groups excluding carboxylic acids is 1. The van der Waals surface area contributed by atoms with Crippen LogP contribution in [0.1, 0.15) is 48.1 Å². The zero-order valence-corrected chi connectivity index (χ0v) is 24.6. The summed E-state index contributed by atoms with van der Waals surface area (Å²) in [6.45, 7) is 4.95. The number of anilines is 1. The van der Waals surface area contributed by atoms with Crippen LogP contribution in [0.4, 0.5) is 10.1 Å². The van der Waals surface area contributed by atoms with Gasteiger partial charge in [0.15, 0.2) is 11.6 Å². The fraction of sp³-hybridized carbons (Fsp3) is 0.394. The first kappa shape index (κ1) is 30.3. The average Bonchev–Trinajstić information content (AvgIpc) is 3.63. The summed E-state index contributed by atoms with van der Waals surface area (Å²) in [5, 5.41) is 13.6. The monoisotopic (exact) mass is 592 g/mol. The lowest BCUT2D eigenvalue weighted by molar-refractivity contribution is -0.143. The van der Waals surface area contributed by atoms with Crippen LogP contribution >= 0.6 is 0 Å². The Morgan fingerprint density at radius 2 is 1.74 bits per heavy atom. The third-order valence-electron chi connectivity index (χ3n) is 8.15. The maximum absolute atomic E-state index is 15.0. The average molecular weight is 593 g/mol. The van der Waals surface area contributed by atoms with Crippen molar-refractivity contribution in [2.75, 3.05) is 45.5 Å². The van der Waals surface area contributed by atoms with Gasteiger partial charge < -0.3 is 29.4 Å². The molecule has 3 aromatic rings. The number of methoxy groups -OCH3 is 1. The standard InChI is InChI=1S/C33H37FN2O7/c1-4-20-7-6-8-21(5-2)30(20)35-28(37)18-36-17-25(23-15-26(34)32-27(16-23)42-19-43-32)29(33(38)39)31(36)22-9-11-24(12-10-22)41-14-13-40-3/h6-12,15-16,25,29,31H,4-5,13-14,17-19H2,1-3H3,(H,35,37)(H,38,39)/t25-,29?,31+/m1/s1. The molecular formula is C33H37FN2O7. The minimum absolute atomic E-state index is 0.0202. The van der Waals surface area contributed by atoms with E-state index in [1.165, 1.54) is 6.07 Å². The van der Waals surface area contributed by atoms with Crippen LogP contribution in [0.2, 0.25) is 0 Å². The van der Waals surface area contributed by atoms with Crippen molar-refractivity contribution in [3.63, 3.8) is 0 Å². The van der Waals surface area contributed by atoms with E-state index in [9.17, 15) is 19.1 Å². The van der Waals surface area contributed by atoms with Crippen LogP contribution < -0.4 is 19.5 Å². The van der Waals surface area contributed by atoms with Gasteiger partial charge in [0.05, 0.1) is 19.1 Å². The number of amides is 1. The van der Waals surface area contributed by atoms with Gasteiger partial charge in [-0.15, -0.1) is 0 Å². The van der Waals surface area contributed by atoms with E-state index in [0.717, 1.165) is 29.7 Å². The number of hydrogen-bond donors (Lipinski definition) is 2. The number of para-hydroxylation sites is 1. The lowest BCUT2D eigenvalue weighted by atomic mass is 9.82. The van der Waals surface area contributed by atoms with Gasteiger partial charge in [0, 0.05) is 31.3 Å². The minimum Gasteiger partial charge on any atom is -0.491 e. The first-order valence-corrected chi connectivity index (χ1v) is 14.5. The molecule has 2 N–H and O–H groups in total. The number of nitrogens with zero attached hydrogens (tertiary/aromatic N) is 1. The SMILES string of the molecule is CCc1cccc(CC)c1NC(=O)CN1C[C@H](c2cc(F)c3c(c2)OCO3)C(C(=O)O)[C@@H]1c1ccc(OCCOC)cc1. The number of carbonyl (C=O) groups is 2. The van der Waals surface area contributed by atoms with E-state index in [1.54, 1.807) is 25.3 Å². The summed E-state index contributed by atoms with van der Waals surface area (Å²) in [6, 6.07) is 15.5. The predicted octanol–water partition coefficient (Wildman–Crippen LogP) is 5.18.